The molecule has 246 valence electrons. The molecule has 0 bridgehead atoms. The lowest BCUT2D eigenvalue weighted by atomic mass is 9.81. The molecular formula is C28H31F8N7O2. The van der Waals surface area contributed by atoms with Crippen LogP contribution in [0.4, 0.5) is 35.1 Å². The van der Waals surface area contributed by atoms with E-state index in [-0.39, 0.29) is 24.3 Å². The molecule has 2 aliphatic rings. The van der Waals surface area contributed by atoms with Gasteiger partial charge < -0.3 is 10.6 Å². The van der Waals surface area contributed by atoms with Gasteiger partial charge in [-0.25, -0.2) is 18.3 Å². The van der Waals surface area contributed by atoms with E-state index in [4.69, 9.17) is 0 Å². The van der Waals surface area contributed by atoms with Crippen LogP contribution in [0.3, 0.4) is 0 Å². The molecule has 2 N–H and O–H groups in total. The molecule has 2 saturated carbocycles. The maximum absolute atomic E-state index is 14.0. The number of fused-ring (bicyclic) bond motifs is 1. The fourth-order valence-electron chi connectivity index (χ4n) is 5.53. The van der Waals surface area contributed by atoms with Crippen LogP contribution in [0.1, 0.15) is 91.5 Å². The summed E-state index contributed by atoms with van der Waals surface area (Å²) in [5, 5.41) is 13.6. The minimum atomic E-state index is -4.47. The van der Waals surface area contributed by atoms with Crippen LogP contribution in [0.2, 0.25) is 0 Å². The van der Waals surface area contributed by atoms with E-state index in [0.717, 1.165) is 23.7 Å². The smallest absolute Gasteiger partial charge is 0.349 e. The monoisotopic (exact) mass is 649 g/mol. The molecule has 2 amide bonds. The summed E-state index contributed by atoms with van der Waals surface area (Å²) in [6.45, 7) is -0.483. The second-order valence-corrected chi connectivity index (χ2v) is 11.8. The predicted molar refractivity (Wildman–Crippen MR) is 142 cm³/mol. The first-order valence-electron chi connectivity index (χ1n) is 14.5. The van der Waals surface area contributed by atoms with Crippen molar-refractivity contribution in [3.63, 3.8) is 0 Å². The molecule has 3 aromatic heterocycles. The standard InChI is InChI=1S/C28H31F8N7O2/c29-26(30)6-3-17(4-7-26)24(41-25(45)19-13-37-42(14-19)10-9-28(34,35)36)20-15-43-21(39-20)11-18(12-38-43)23(16-1-2-16)40-22(44)5-8-27(31,32)33/h11-17,23-24H,1-10H2,(H,40,44)(H,41,45)/t23?,24-/m0/s1. The quantitative estimate of drug-likeness (QED) is 0.245. The van der Waals surface area contributed by atoms with Crippen molar-refractivity contribution in [2.45, 2.75) is 94.7 Å². The molecule has 0 spiro atoms. The molecule has 2 atom stereocenters. The van der Waals surface area contributed by atoms with E-state index in [0.29, 0.717) is 16.9 Å². The SMILES string of the molecule is O=C(CCC(F)(F)F)NC(c1cnn2cc([C@@H](NC(=O)c3cnn(CCC(F)(F)F)c3)C3CCC(F)(F)CC3)nc2c1)C1CC1. The Morgan fingerprint density at radius 2 is 1.56 bits per heavy atom. The van der Waals surface area contributed by atoms with Crippen LogP contribution < -0.4 is 10.6 Å². The lowest BCUT2D eigenvalue weighted by molar-refractivity contribution is -0.144. The summed E-state index contributed by atoms with van der Waals surface area (Å²) < 4.78 is 106. The van der Waals surface area contributed by atoms with Crippen molar-refractivity contribution in [3.8, 4) is 0 Å². The van der Waals surface area contributed by atoms with Gasteiger partial charge in [0.25, 0.3) is 5.91 Å². The van der Waals surface area contributed by atoms with Crippen molar-refractivity contribution < 1.29 is 44.7 Å². The van der Waals surface area contributed by atoms with Crippen molar-refractivity contribution in [3.05, 3.63) is 47.7 Å². The van der Waals surface area contributed by atoms with Gasteiger partial charge in [0.15, 0.2) is 5.65 Å². The summed E-state index contributed by atoms with van der Waals surface area (Å²) in [5.74, 6) is -4.68. The molecule has 0 radical (unpaired) electrons. The Labute approximate surface area is 251 Å². The van der Waals surface area contributed by atoms with Crippen LogP contribution in [0.15, 0.2) is 30.9 Å². The number of hydrogen-bond acceptors (Lipinski definition) is 5. The van der Waals surface area contributed by atoms with Crippen LogP contribution >= 0.6 is 0 Å². The molecule has 0 saturated heterocycles. The number of amides is 2. The first kappa shape index (κ1) is 32.6. The first-order valence-corrected chi connectivity index (χ1v) is 14.5. The second kappa shape index (κ2) is 12.5. The highest BCUT2D eigenvalue weighted by molar-refractivity contribution is 5.94. The van der Waals surface area contributed by atoms with E-state index in [1.807, 2.05) is 0 Å². The van der Waals surface area contributed by atoms with Crippen molar-refractivity contribution in [2.75, 3.05) is 0 Å². The van der Waals surface area contributed by atoms with Crippen molar-refractivity contribution >= 4 is 17.5 Å². The number of nitrogens with zero attached hydrogens (tertiary/aromatic N) is 5. The number of imidazole rings is 1. The average molecular weight is 650 g/mol. The Morgan fingerprint density at radius 3 is 2.20 bits per heavy atom. The highest BCUT2D eigenvalue weighted by Gasteiger charge is 2.40. The topological polar surface area (TPSA) is 106 Å². The van der Waals surface area contributed by atoms with E-state index in [9.17, 15) is 44.7 Å². The fourth-order valence-corrected chi connectivity index (χ4v) is 5.53. The van der Waals surface area contributed by atoms with Gasteiger partial charge in [-0.2, -0.15) is 36.5 Å². The zero-order chi connectivity index (χ0) is 32.6. The summed E-state index contributed by atoms with van der Waals surface area (Å²) >= 11 is 0. The first-order chi connectivity index (χ1) is 21.1. The van der Waals surface area contributed by atoms with Gasteiger partial charge in [-0.15, -0.1) is 0 Å². The molecule has 2 aliphatic carbocycles. The van der Waals surface area contributed by atoms with Crippen molar-refractivity contribution in [2.24, 2.45) is 11.8 Å². The summed E-state index contributed by atoms with van der Waals surface area (Å²) in [6.07, 6.45) is -5.79. The van der Waals surface area contributed by atoms with E-state index in [1.54, 1.807) is 6.07 Å². The molecule has 3 heterocycles. The number of halogens is 8. The molecule has 9 nitrogen and oxygen atoms in total. The Balaban J connectivity index is 1.36. The highest BCUT2D eigenvalue weighted by atomic mass is 19.4. The third-order valence-electron chi connectivity index (χ3n) is 8.12. The lowest BCUT2D eigenvalue weighted by Crippen LogP contribution is -2.37. The number of aromatic nitrogens is 5. The average Bonchev–Trinajstić information content (AvgIpc) is 3.52. The van der Waals surface area contributed by atoms with E-state index < -0.39 is 86.7 Å². The minimum Gasteiger partial charge on any atom is -0.349 e. The minimum absolute atomic E-state index is 0.0129. The zero-order valence-electron chi connectivity index (χ0n) is 23.8. The lowest BCUT2D eigenvalue weighted by Gasteiger charge is -2.33. The molecule has 45 heavy (non-hydrogen) atoms. The van der Waals surface area contributed by atoms with E-state index in [2.05, 4.69) is 25.8 Å². The largest absolute Gasteiger partial charge is 0.390 e. The molecule has 1 unspecified atom stereocenters. The van der Waals surface area contributed by atoms with Gasteiger partial charge in [-0.05, 0) is 49.1 Å². The van der Waals surface area contributed by atoms with Gasteiger partial charge >= 0.3 is 12.4 Å². The van der Waals surface area contributed by atoms with Crippen LogP contribution in [0, 0.1) is 11.8 Å². The number of carbonyl (C=O) groups is 2. The third kappa shape index (κ3) is 8.90. The fraction of sp³-hybridized carbons (Fsp3) is 0.607. The van der Waals surface area contributed by atoms with Crippen LogP contribution in [0.5, 0.6) is 0 Å². The van der Waals surface area contributed by atoms with Gasteiger partial charge in [0.1, 0.15) is 0 Å². The normalized spacial score (nSPS) is 18.9. The van der Waals surface area contributed by atoms with E-state index >= 15 is 0 Å². The number of hydrogen-bond donors (Lipinski definition) is 2. The number of aryl methyl sites for hydroxylation is 1. The van der Waals surface area contributed by atoms with Gasteiger partial charge in [0.2, 0.25) is 11.8 Å². The third-order valence-corrected chi connectivity index (χ3v) is 8.12. The maximum Gasteiger partial charge on any atom is 0.390 e. The van der Waals surface area contributed by atoms with Gasteiger partial charge in [0.05, 0.1) is 54.8 Å². The van der Waals surface area contributed by atoms with Gasteiger partial charge in [-0.1, -0.05) is 0 Å². The summed E-state index contributed by atoms with van der Waals surface area (Å²) in [7, 11) is 0. The van der Waals surface area contributed by atoms with E-state index in [1.165, 1.54) is 23.1 Å². The summed E-state index contributed by atoms with van der Waals surface area (Å²) in [4.78, 5) is 30.1. The predicted octanol–water partition coefficient (Wildman–Crippen LogP) is 6.08. The molecule has 0 aromatic carbocycles. The zero-order valence-corrected chi connectivity index (χ0v) is 23.8. The van der Waals surface area contributed by atoms with Crippen molar-refractivity contribution in [1.82, 2.24) is 35.0 Å². The number of rotatable bonds is 11. The van der Waals surface area contributed by atoms with Crippen LogP contribution in [-0.4, -0.2) is 54.5 Å². The molecule has 2 fully saturated rings. The Morgan fingerprint density at radius 1 is 0.889 bits per heavy atom. The Kier molecular flexibility index (Phi) is 9.08. The maximum atomic E-state index is 14.0. The number of nitrogens with one attached hydrogen (secondary N) is 2. The van der Waals surface area contributed by atoms with Gasteiger partial charge in [0, 0.05) is 32.0 Å². The van der Waals surface area contributed by atoms with Gasteiger partial charge in [-0.3, -0.25) is 14.3 Å². The summed E-state index contributed by atoms with van der Waals surface area (Å²) in [5.41, 5.74) is 1.13. The Hall–Kier alpha value is -3.79. The Bertz CT molecular complexity index is 1500. The number of alkyl halides is 8. The molecule has 3 aromatic rings. The summed E-state index contributed by atoms with van der Waals surface area (Å²) in [6, 6.07) is 0.203. The second-order valence-electron chi connectivity index (χ2n) is 11.8. The van der Waals surface area contributed by atoms with Crippen LogP contribution in [-0.2, 0) is 11.3 Å². The molecule has 17 heteroatoms. The molecule has 5 rings (SSSR count). The van der Waals surface area contributed by atoms with Crippen LogP contribution in [0.25, 0.3) is 5.65 Å². The highest BCUT2D eigenvalue weighted by Crippen LogP contribution is 2.43. The molecule has 0 aliphatic heterocycles. The number of carbonyl (C=O) groups excluding carboxylic acids is 2. The van der Waals surface area contributed by atoms with Crippen molar-refractivity contribution in [1.29, 1.82) is 0 Å². The molecular weight excluding hydrogens is 618 g/mol.